The molecule has 0 aliphatic heterocycles. The van der Waals surface area contributed by atoms with Crippen molar-refractivity contribution >= 4 is 5.57 Å². The summed E-state index contributed by atoms with van der Waals surface area (Å²) in [6.07, 6.45) is 6.23. The van der Waals surface area contributed by atoms with Crippen molar-refractivity contribution < 1.29 is 0 Å². The molecule has 1 aromatic heterocycles. The summed E-state index contributed by atoms with van der Waals surface area (Å²) in [7, 11) is 0. The summed E-state index contributed by atoms with van der Waals surface area (Å²) in [6, 6.07) is 27.5. The molecule has 0 fully saturated rings. The van der Waals surface area contributed by atoms with E-state index in [2.05, 4.69) is 115 Å². The Labute approximate surface area is 197 Å². The number of allylic oxidation sites excluding steroid dienone is 4. The summed E-state index contributed by atoms with van der Waals surface area (Å²) in [5.74, 6) is 1.67. The maximum atomic E-state index is 4.62. The molecule has 0 saturated heterocycles. The van der Waals surface area contributed by atoms with Crippen LogP contribution in [0.3, 0.4) is 0 Å². The molecule has 3 nitrogen and oxygen atoms in total. The van der Waals surface area contributed by atoms with Crippen LogP contribution in [-0.2, 0) is 5.41 Å². The molecule has 0 saturated carbocycles. The van der Waals surface area contributed by atoms with Gasteiger partial charge in [-0.3, -0.25) is 4.57 Å². The van der Waals surface area contributed by atoms with Gasteiger partial charge in [0.2, 0.25) is 0 Å². The van der Waals surface area contributed by atoms with Crippen LogP contribution in [-0.4, -0.2) is 14.8 Å². The molecule has 0 radical (unpaired) electrons. The molecule has 0 atom stereocenters. The van der Waals surface area contributed by atoms with Gasteiger partial charge in [0.15, 0.2) is 11.6 Å². The molecule has 0 spiro atoms. The minimum atomic E-state index is 0.109. The lowest BCUT2D eigenvalue weighted by Gasteiger charge is -2.19. The standard InChI is InChI=1S/C30H31N3/c1-6-7-11-22(2)23-14-16-24(17-15-23)28-31-32-29(33(28)27-12-9-8-10-13-27)25-18-20-26(21-19-25)30(3,4)5/h6-21H,1-5H3/b7-6-,22-11+. The average Bonchev–Trinajstić information content (AvgIpc) is 3.28. The van der Waals surface area contributed by atoms with Crippen molar-refractivity contribution in [3.05, 3.63) is 108 Å². The Balaban J connectivity index is 1.80. The summed E-state index contributed by atoms with van der Waals surface area (Å²) in [5.41, 5.74) is 6.95. The molecule has 166 valence electrons. The van der Waals surface area contributed by atoms with Crippen LogP contribution in [0.5, 0.6) is 0 Å². The maximum Gasteiger partial charge on any atom is 0.168 e. The van der Waals surface area contributed by atoms with E-state index < -0.39 is 0 Å². The van der Waals surface area contributed by atoms with Crippen LogP contribution < -0.4 is 0 Å². The summed E-state index contributed by atoms with van der Waals surface area (Å²) >= 11 is 0. The molecule has 0 N–H and O–H groups in total. The van der Waals surface area contributed by atoms with E-state index in [9.17, 15) is 0 Å². The fraction of sp³-hybridized carbons (Fsp3) is 0.200. The number of hydrogen-bond acceptors (Lipinski definition) is 2. The minimum absolute atomic E-state index is 0.109. The highest BCUT2D eigenvalue weighted by Crippen LogP contribution is 2.31. The van der Waals surface area contributed by atoms with Gasteiger partial charge < -0.3 is 0 Å². The Hall–Kier alpha value is -3.72. The lowest BCUT2D eigenvalue weighted by Crippen LogP contribution is -2.10. The van der Waals surface area contributed by atoms with Gasteiger partial charge in [-0.1, -0.05) is 106 Å². The highest BCUT2D eigenvalue weighted by atomic mass is 15.3. The molecule has 3 aromatic carbocycles. The van der Waals surface area contributed by atoms with Gasteiger partial charge in [-0.15, -0.1) is 10.2 Å². The molecule has 0 amide bonds. The van der Waals surface area contributed by atoms with E-state index in [1.807, 2.05) is 31.2 Å². The quantitative estimate of drug-likeness (QED) is 0.300. The first kappa shape index (κ1) is 22.5. The average molecular weight is 434 g/mol. The molecule has 4 aromatic rings. The van der Waals surface area contributed by atoms with Crippen molar-refractivity contribution in [1.29, 1.82) is 0 Å². The van der Waals surface area contributed by atoms with Gasteiger partial charge in [0.05, 0.1) is 0 Å². The monoisotopic (exact) mass is 433 g/mol. The first-order valence-corrected chi connectivity index (χ1v) is 11.4. The lowest BCUT2D eigenvalue weighted by molar-refractivity contribution is 0.590. The first-order chi connectivity index (χ1) is 15.9. The second kappa shape index (κ2) is 9.41. The summed E-state index contributed by atoms with van der Waals surface area (Å²) in [5, 5.41) is 9.24. The van der Waals surface area contributed by atoms with Crippen molar-refractivity contribution in [2.45, 2.75) is 40.0 Å². The van der Waals surface area contributed by atoms with E-state index in [1.165, 1.54) is 16.7 Å². The van der Waals surface area contributed by atoms with Crippen molar-refractivity contribution in [2.24, 2.45) is 0 Å². The normalized spacial score (nSPS) is 12.5. The van der Waals surface area contributed by atoms with E-state index >= 15 is 0 Å². The smallest absolute Gasteiger partial charge is 0.168 e. The van der Waals surface area contributed by atoms with E-state index in [-0.39, 0.29) is 5.41 Å². The Morgan fingerprint density at radius 2 is 1.30 bits per heavy atom. The van der Waals surface area contributed by atoms with Crippen LogP contribution in [0.25, 0.3) is 34.0 Å². The largest absolute Gasteiger partial charge is 0.275 e. The van der Waals surface area contributed by atoms with Crippen LogP contribution in [0.1, 0.15) is 45.7 Å². The third kappa shape index (κ3) is 4.88. The molecular formula is C30H31N3. The number of rotatable bonds is 5. The zero-order chi connectivity index (χ0) is 23.4. The van der Waals surface area contributed by atoms with Crippen LogP contribution in [0.15, 0.2) is 97.1 Å². The predicted octanol–water partition coefficient (Wildman–Crippen LogP) is 7.88. The van der Waals surface area contributed by atoms with Gasteiger partial charge in [-0.25, -0.2) is 0 Å². The molecule has 0 bridgehead atoms. The lowest BCUT2D eigenvalue weighted by atomic mass is 9.86. The Morgan fingerprint density at radius 3 is 1.82 bits per heavy atom. The van der Waals surface area contributed by atoms with Crippen LogP contribution in [0.4, 0.5) is 0 Å². The third-order valence-electron chi connectivity index (χ3n) is 5.82. The zero-order valence-corrected chi connectivity index (χ0v) is 20.1. The van der Waals surface area contributed by atoms with Gasteiger partial charge in [0, 0.05) is 16.8 Å². The summed E-state index contributed by atoms with van der Waals surface area (Å²) < 4.78 is 2.14. The van der Waals surface area contributed by atoms with Crippen molar-refractivity contribution in [3.63, 3.8) is 0 Å². The topological polar surface area (TPSA) is 30.7 Å². The number of aromatic nitrogens is 3. The minimum Gasteiger partial charge on any atom is -0.275 e. The van der Waals surface area contributed by atoms with Crippen LogP contribution >= 0.6 is 0 Å². The molecule has 0 aliphatic rings. The van der Waals surface area contributed by atoms with Gasteiger partial charge >= 0.3 is 0 Å². The Morgan fingerprint density at radius 1 is 0.758 bits per heavy atom. The van der Waals surface area contributed by atoms with Gasteiger partial charge in [-0.05, 0) is 48.1 Å². The van der Waals surface area contributed by atoms with Crippen molar-refractivity contribution in [1.82, 2.24) is 14.8 Å². The van der Waals surface area contributed by atoms with E-state index in [0.717, 1.165) is 28.5 Å². The molecule has 1 heterocycles. The van der Waals surface area contributed by atoms with Gasteiger partial charge in [-0.2, -0.15) is 0 Å². The third-order valence-corrected chi connectivity index (χ3v) is 5.82. The zero-order valence-electron chi connectivity index (χ0n) is 20.1. The maximum absolute atomic E-state index is 4.62. The number of nitrogens with zero attached hydrogens (tertiary/aromatic N) is 3. The van der Waals surface area contributed by atoms with Gasteiger partial charge in [0.1, 0.15) is 0 Å². The fourth-order valence-electron chi connectivity index (χ4n) is 3.82. The highest BCUT2D eigenvalue weighted by molar-refractivity contribution is 5.71. The van der Waals surface area contributed by atoms with E-state index in [4.69, 9.17) is 0 Å². The molecule has 3 heteroatoms. The highest BCUT2D eigenvalue weighted by Gasteiger charge is 2.19. The molecule has 4 rings (SSSR count). The molecule has 0 unspecified atom stereocenters. The second-order valence-corrected chi connectivity index (χ2v) is 9.30. The number of benzene rings is 3. The molecular weight excluding hydrogens is 402 g/mol. The summed E-state index contributed by atoms with van der Waals surface area (Å²) in [4.78, 5) is 0. The summed E-state index contributed by atoms with van der Waals surface area (Å²) in [6.45, 7) is 10.8. The Bertz CT molecular complexity index is 1270. The predicted molar refractivity (Wildman–Crippen MR) is 139 cm³/mol. The first-order valence-electron chi connectivity index (χ1n) is 11.4. The van der Waals surface area contributed by atoms with Gasteiger partial charge in [0.25, 0.3) is 0 Å². The number of hydrogen-bond donors (Lipinski definition) is 0. The Kier molecular flexibility index (Phi) is 6.41. The van der Waals surface area contributed by atoms with Crippen LogP contribution in [0.2, 0.25) is 0 Å². The van der Waals surface area contributed by atoms with E-state index in [0.29, 0.717) is 0 Å². The van der Waals surface area contributed by atoms with E-state index in [1.54, 1.807) is 0 Å². The van der Waals surface area contributed by atoms with Crippen molar-refractivity contribution in [3.8, 4) is 28.5 Å². The fourth-order valence-corrected chi connectivity index (χ4v) is 3.82. The number of para-hydroxylation sites is 1. The van der Waals surface area contributed by atoms with Crippen LogP contribution in [0, 0.1) is 0 Å². The van der Waals surface area contributed by atoms with Crippen molar-refractivity contribution in [2.75, 3.05) is 0 Å². The SMILES string of the molecule is C/C=C\C=C(/C)c1ccc(-c2nnc(-c3ccc(C(C)(C)C)cc3)n2-c2ccccc2)cc1. The molecule has 33 heavy (non-hydrogen) atoms. The molecule has 0 aliphatic carbocycles. The second-order valence-electron chi connectivity index (χ2n) is 9.30.